The lowest BCUT2D eigenvalue weighted by atomic mass is 9.63. The van der Waals surface area contributed by atoms with Gasteiger partial charge in [-0.1, -0.05) is 13.8 Å². The summed E-state index contributed by atoms with van der Waals surface area (Å²) in [7, 11) is 1.83. The number of piperidine rings is 1. The van der Waals surface area contributed by atoms with Crippen molar-refractivity contribution in [1.82, 2.24) is 4.90 Å². The maximum atomic E-state index is 6.02. The van der Waals surface area contributed by atoms with Crippen molar-refractivity contribution >= 4 is 0 Å². The van der Waals surface area contributed by atoms with Crippen LogP contribution in [0, 0.1) is 5.41 Å². The number of likely N-dealkylation sites (tertiary alicyclic amines) is 1. The van der Waals surface area contributed by atoms with Crippen molar-refractivity contribution in [1.29, 1.82) is 0 Å². The molecule has 1 aliphatic heterocycles. The first-order valence-corrected chi connectivity index (χ1v) is 6.51. The first-order chi connectivity index (χ1) is 7.46. The highest BCUT2D eigenvalue weighted by Gasteiger charge is 2.52. The molecule has 1 saturated carbocycles. The Morgan fingerprint density at radius 3 is 2.50 bits per heavy atom. The van der Waals surface area contributed by atoms with E-state index in [1.54, 1.807) is 0 Å². The van der Waals surface area contributed by atoms with Gasteiger partial charge in [-0.05, 0) is 26.2 Å². The van der Waals surface area contributed by atoms with Gasteiger partial charge in [-0.3, -0.25) is 4.90 Å². The summed E-state index contributed by atoms with van der Waals surface area (Å²) in [4.78, 5) is 2.65. The average molecular weight is 226 g/mol. The number of nitrogens with two attached hydrogens (primary N) is 1. The van der Waals surface area contributed by atoms with E-state index >= 15 is 0 Å². The van der Waals surface area contributed by atoms with E-state index in [1.807, 2.05) is 7.11 Å². The van der Waals surface area contributed by atoms with E-state index in [4.69, 9.17) is 10.5 Å². The summed E-state index contributed by atoms with van der Waals surface area (Å²) in [5, 5.41) is 0. The monoisotopic (exact) mass is 226 g/mol. The Morgan fingerprint density at radius 2 is 2.00 bits per heavy atom. The molecule has 94 valence electrons. The van der Waals surface area contributed by atoms with E-state index in [2.05, 4.69) is 25.7 Å². The predicted octanol–water partition coefficient (Wildman–Crippen LogP) is 1.61. The molecular weight excluding hydrogens is 200 g/mol. The first-order valence-electron chi connectivity index (χ1n) is 6.51. The fourth-order valence-electron chi connectivity index (χ4n) is 3.52. The lowest BCUT2D eigenvalue weighted by molar-refractivity contribution is -0.150. The van der Waals surface area contributed by atoms with E-state index in [9.17, 15) is 0 Å². The minimum absolute atomic E-state index is 0.296. The van der Waals surface area contributed by atoms with Crippen LogP contribution in [0.4, 0.5) is 0 Å². The van der Waals surface area contributed by atoms with Gasteiger partial charge in [0.25, 0.3) is 0 Å². The molecule has 2 rings (SSSR count). The minimum Gasteiger partial charge on any atom is -0.381 e. The van der Waals surface area contributed by atoms with Crippen molar-refractivity contribution in [3.8, 4) is 0 Å². The Balaban J connectivity index is 1.99. The van der Waals surface area contributed by atoms with Crippen LogP contribution in [0.25, 0.3) is 0 Å². The smallest absolute Gasteiger partial charge is 0.0652 e. The zero-order chi connectivity index (χ0) is 11.9. The second-order valence-electron chi connectivity index (χ2n) is 6.17. The molecule has 2 aliphatic rings. The van der Waals surface area contributed by atoms with Crippen molar-refractivity contribution in [2.45, 2.75) is 64.3 Å². The molecular formula is C13H26N2O. The molecule has 3 heteroatoms. The third-order valence-electron chi connectivity index (χ3n) is 4.78. The summed E-state index contributed by atoms with van der Waals surface area (Å²) in [6.45, 7) is 8.13. The number of nitrogens with zero attached hydrogens (tertiary/aromatic N) is 1. The molecule has 0 radical (unpaired) electrons. The van der Waals surface area contributed by atoms with Gasteiger partial charge >= 0.3 is 0 Å². The van der Waals surface area contributed by atoms with Crippen molar-refractivity contribution < 1.29 is 4.74 Å². The predicted molar refractivity (Wildman–Crippen MR) is 66.4 cm³/mol. The lowest BCUT2D eigenvalue weighted by Gasteiger charge is -2.58. The lowest BCUT2D eigenvalue weighted by Crippen LogP contribution is -2.65. The molecule has 0 aromatic rings. The summed E-state index contributed by atoms with van der Waals surface area (Å²) in [5.74, 6) is 0. The number of hydrogen-bond donors (Lipinski definition) is 1. The first kappa shape index (κ1) is 12.3. The molecule has 0 aromatic carbocycles. The summed E-state index contributed by atoms with van der Waals surface area (Å²) in [5.41, 5.74) is 6.31. The van der Waals surface area contributed by atoms with Crippen molar-refractivity contribution in [2.75, 3.05) is 13.7 Å². The van der Waals surface area contributed by atoms with Crippen molar-refractivity contribution in [3.63, 3.8) is 0 Å². The summed E-state index contributed by atoms with van der Waals surface area (Å²) in [6.07, 6.45) is 3.90. The number of rotatable bonds is 2. The van der Waals surface area contributed by atoms with Crippen LogP contribution in [-0.4, -0.2) is 42.8 Å². The van der Waals surface area contributed by atoms with Crippen LogP contribution in [0.2, 0.25) is 0 Å². The fraction of sp³-hybridized carbons (Fsp3) is 1.00. The SMILES string of the molecule is COC1CC(N2CCC(N)CC2C)C1(C)C. The summed E-state index contributed by atoms with van der Waals surface area (Å²) >= 11 is 0. The highest BCUT2D eigenvalue weighted by atomic mass is 16.5. The van der Waals surface area contributed by atoms with Gasteiger partial charge in [0.1, 0.15) is 0 Å². The number of methoxy groups -OCH3 is 1. The van der Waals surface area contributed by atoms with Crippen molar-refractivity contribution in [3.05, 3.63) is 0 Å². The molecule has 0 spiro atoms. The Kier molecular flexibility index (Phi) is 3.30. The molecule has 2 N–H and O–H groups in total. The maximum Gasteiger partial charge on any atom is 0.0652 e. The number of hydrogen-bond acceptors (Lipinski definition) is 3. The number of ether oxygens (including phenoxy) is 1. The van der Waals surface area contributed by atoms with Crippen LogP contribution in [-0.2, 0) is 4.74 Å². The molecule has 0 amide bonds. The van der Waals surface area contributed by atoms with Gasteiger partial charge in [0, 0.05) is 37.2 Å². The normalized spacial score (nSPS) is 44.1. The van der Waals surface area contributed by atoms with Gasteiger partial charge < -0.3 is 10.5 Å². The van der Waals surface area contributed by atoms with Crippen LogP contribution < -0.4 is 5.73 Å². The summed E-state index contributed by atoms with van der Waals surface area (Å²) in [6, 6.07) is 1.72. The van der Waals surface area contributed by atoms with Crippen LogP contribution in [0.1, 0.15) is 40.0 Å². The molecule has 0 bridgehead atoms. The van der Waals surface area contributed by atoms with Crippen LogP contribution in [0.15, 0.2) is 0 Å². The van der Waals surface area contributed by atoms with E-state index in [-0.39, 0.29) is 0 Å². The summed E-state index contributed by atoms with van der Waals surface area (Å²) < 4.78 is 5.53. The van der Waals surface area contributed by atoms with E-state index in [0.717, 1.165) is 19.4 Å². The maximum absolute atomic E-state index is 6.02. The van der Waals surface area contributed by atoms with Gasteiger partial charge in [0.2, 0.25) is 0 Å². The zero-order valence-corrected chi connectivity index (χ0v) is 11.1. The van der Waals surface area contributed by atoms with E-state index in [0.29, 0.717) is 29.6 Å². The molecule has 1 aliphatic carbocycles. The standard InChI is InChI=1S/C13H26N2O/c1-9-7-10(14)5-6-15(9)11-8-12(16-4)13(11,2)3/h9-12H,5-8,14H2,1-4H3. The molecule has 16 heavy (non-hydrogen) atoms. The van der Waals surface area contributed by atoms with E-state index in [1.165, 1.54) is 6.42 Å². The molecule has 2 fully saturated rings. The molecule has 1 heterocycles. The minimum atomic E-state index is 0.296. The molecule has 0 aromatic heterocycles. The van der Waals surface area contributed by atoms with Gasteiger partial charge in [0.15, 0.2) is 0 Å². The molecule has 4 unspecified atom stereocenters. The highest BCUT2D eigenvalue weighted by molar-refractivity contribution is 5.05. The van der Waals surface area contributed by atoms with Gasteiger partial charge in [0.05, 0.1) is 6.10 Å². The quantitative estimate of drug-likeness (QED) is 0.777. The van der Waals surface area contributed by atoms with Crippen LogP contribution in [0.3, 0.4) is 0 Å². The zero-order valence-electron chi connectivity index (χ0n) is 11.1. The Hall–Kier alpha value is -0.120. The van der Waals surface area contributed by atoms with Crippen LogP contribution in [0.5, 0.6) is 0 Å². The molecule has 1 saturated heterocycles. The molecule has 3 nitrogen and oxygen atoms in total. The van der Waals surface area contributed by atoms with E-state index < -0.39 is 0 Å². The second kappa shape index (κ2) is 4.28. The largest absolute Gasteiger partial charge is 0.381 e. The van der Waals surface area contributed by atoms with Gasteiger partial charge in [-0.25, -0.2) is 0 Å². The Morgan fingerprint density at radius 1 is 1.31 bits per heavy atom. The Labute approximate surface area is 99.3 Å². The van der Waals surface area contributed by atoms with Crippen LogP contribution >= 0.6 is 0 Å². The third kappa shape index (κ3) is 1.89. The third-order valence-corrected chi connectivity index (χ3v) is 4.78. The Bertz CT molecular complexity index is 252. The molecule has 4 atom stereocenters. The average Bonchev–Trinajstić information content (AvgIpc) is 2.20. The van der Waals surface area contributed by atoms with Gasteiger partial charge in [-0.2, -0.15) is 0 Å². The van der Waals surface area contributed by atoms with Crippen molar-refractivity contribution in [2.24, 2.45) is 11.1 Å². The van der Waals surface area contributed by atoms with Gasteiger partial charge in [-0.15, -0.1) is 0 Å². The fourth-order valence-corrected chi connectivity index (χ4v) is 3.52. The second-order valence-corrected chi connectivity index (χ2v) is 6.17. The topological polar surface area (TPSA) is 38.5 Å². The highest BCUT2D eigenvalue weighted by Crippen LogP contribution is 2.46.